The summed E-state index contributed by atoms with van der Waals surface area (Å²) in [5.41, 5.74) is 2.93. The lowest BCUT2D eigenvalue weighted by Gasteiger charge is -2.27. The van der Waals surface area contributed by atoms with Crippen LogP contribution in [0.2, 0.25) is 0 Å². The van der Waals surface area contributed by atoms with Gasteiger partial charge in [-0.05, 0) is 67.3 Å². The van der Waals surface area contributed by atoms with E-state index in [2.05, 4.69) is 0 Å². The van der Waals surface area contributed by atoms with E-state index in [-0.39, 0.29) is 22.8 Å². The maximum atomic E-state index is 13.3. The minimum absolute atomic E-state index is 0.0239. The first-order valence-electron chi connectivity index (χ1n) is 11.2. The van der Waals surface area contributed by atoms with Gasteiger partial charge in [0.1, 0.15) is 17.3 Å². The van der Waals surface area contributed by atoms with Crippen LogP contribution in [0.1, 0.15) is 41.6 Å². The Morgan fingerprint density at radius 3 is 2.35 bits per heavy atom. The lowest BCUT2D eigenvalue weighted by molar-refractivity contribution is -0.132. The number of phenolic OH excluding ortho intramolecular Hbond substituents is 1. The first-order valence-corrected chi connectivity index (χ1v) is 11.2. The van der Waals surface area contributed by atoms with E-state index in [4.69, 9.17) is 4.74 Å². The number of carbonyl (C=O) groups excluding carboxylic acids is 2. The van der Waals surface area contributed by atoms with Crippen molar-refractivity contribution in [2.45, 2.75) is 33.2 Å². The predicted molar refractivity (Wildman–Crippen MR) is 131 cm³/mol. The largest absolute Gasteiger partial charge is 0.507 e. The minimum Gasteiger partial charge on any atom is -0.507 e. The van der Waals surface area contributed by atoms with Crippen molar-refractivity contribution in [1.82, 2.24) is 0 Å². The molecule has 0 aromatic heterocycles. The number of phenols is 1. The standard InChI is InChI=1S/C28H27NO5/c1-4-15-34-23-14-13-19(16-18(23)3)26(31)24-25(20-10-6-5-9-17(20)2)29(28(33)27(24)32)21-11-7-8-12-22(21)30/h5-14,16,25,30-31H,4,15H2,1-3H3/b26-24+. The Hall–Kier alpha value is -4.06. The van der Waals surface area contributed by atoms with E-state index in [9.17, 15) is 19.8 Å². The van der Waals surface area contributed by atoms with Gasteiger partial charge in [-0.15, -0.1) is 0 Å². The highest BCUT2D eigenvalue weighted by Crippen LogP contribution is 2.45. The summed E-state index contributed by atoms with van der Waals surface area (Å²) < 4.78 is 5.72. The number of aliphatic hydroxyl groups is 1. The third-order valence-corrected chi connectivity index (χ3v) is 5.98. The van der Waals surface area contributed by atoms with Crippen molar-refractivity contribution in [3.05, 3.63) is 94.6 Å². The van der Waals surface area contributed by atoms with Crippen LogP contribution in [0.3, 0.4) is 0 Å². The molecule has 1 fully saturated rings. The van der Waals surface area contributed by atoms with Crippen molar-refractivity contribution in [2.75, 3.05) is 11.5 Å². The van der Waals surface area contributed by atoms with Gasteiger partial charge in [0.05, 0.1) is 23.9 Å². The number of amides is 1. The summed E-state index contributed by atoms with van der Waals surface area (Å²) >= 11 is 0. The van der Waals surface area contributed by atoms with E-state index < -0.39 is 17.7 Å². The zero-order chi connectivity index (χ0) is 24.4. The molecule has 1 aliphatic heterocycles. The second kappa shape index (κ2) is 9.43. The Morgan fingerprint density at radius 2 is 1.68 bits per heavy atom. The Morgan fingerprint density at radius 1 is 0.971 bits per heavy atom. The highest BCUT2D eigenvalue weighted by atomic mass is 16.5. The van der Waals surface area contributed by atoms with Crippen LogP contribution in [0, 0.1) is 13.8 Å². The molecule has 4 rings (SSSR count). The van der Waals surface area contributed by atoms with Gasteiger partial charge < -0.3 is 14.9 Å². The van der Waals surface area contributed by atoms with Crippen LogP contribution in [0.5, 0.6) is 11.5 Å². The number of carbonyl (C=O) groups is 2. The number of ketones is 1. The number of anilines is 1. The molecule has 6 nitrogen and oxygen atoms in total. The first kappa shape index (κ1) is 23.1. The van der Waals surface area contributed by atoms with Crippen molar-refractivity contribution in [1.29, 1.82) is 0 Å². The molecule has 2 N–H and O–H groups in total. The molecule has 3 aromatic rings. The maximum Gasteiger partial charge on any atom is 0.300 e. The van der Waals surface area contributed by atoms with Crippen LogP contribution >= 0.6 is 0 Å². The molecule has 1 unspecified atom stereocenters. The van der Waals surface area contributed by atoms with Gasteiger partial charge in [0.25, 0.3) is 11.7 Å². The van der Waals surface area contributed by atoms with Crippen LogP contribution in [-0.4, -0.2) is 28.5 Å². The topological polar surface area (TPSA) is 87.1 Å². The maximum absolute atomic E-state index is 13.3. The second-order valence-electron chi connectivity index (χ2n) is 8.34. The van der Waals surface area contributed by atoms with E-state index in [0.29, 0.717) is 23.5 Å². The zero-order valence-electron chi connectivity index (χ0n) is 19.4. The molecule has 0 spiro atoms. The Bertz CT molecular complexity index is 1290. The average Bonchev–Trinajstić information content (AvgIpc) is 3.08. The molecule has 0 aliphatic carbocycles. The van der Waals surface area contributed by atoms with Crippen molar-refractivity contribution in [2.24, 2.45) is 0 Å². The van der Waals surface area contributed by atoms with E-state index in [1.807, 2.05) is 45.0 Å². The molecular weight excluding hydrogens is 430 g/mol. The molecule has 0 saturated carbocycles. The number of rotatable bonds is 6. The molecule has 34 heavy (non-hydrogen) atoms. The SMILES string of the molecule is CCCOc1ccc(/C(O)=C2\C(=O)C(=O)N(c3ccccc3O)C2c2ccccc2C)cc1C. The van der Waals surface area contributed by atoms with Crippen LogP contribution in [0.15, 0.2) is 72.3 Å². The Balaban J connectivity index is 1.91. The molecule has 0 radical (unpaired) electrons. The molecule has 1 heterocycles. The average molecular weight is 458 g/mol. The summed E-state index contributed by atoms with van der Waals surface area (Å²) in [6.45, 7) is 6.33. The predicted octanol–water partition coefficient (Wildman–Crippen LogP) is 5.42. The molecule has 0 bridgehead atoms. The van der Waals surface area contributed by atoms with Gasteiger partial charge in [0.15, 0.2) is 0 Å². The van der Waals surface area contributed by atoms with E-state index in [1.165, 1.54) is 11.0 Å². The van der Waals surface area contributed by atoms with Crippen molar-refractivity contribution in [3.8, 4) is 11.5 Å². The number of aromatic hydroxyl groups is 1. The summed E-state index contributed by atoms with van der Waals surface area (Å²) in [4.78, 5) is 27.8. The van der Waals surface area contributed by atoms with Gasteiger partial charge in [-0.1, -0.05) is 43.3 Å². The molecule has 174 valence electrons. The van der Waals surface area contributed by atoms with Crippen molar-refractivity contribution in [3.63, 3.8) is 0 Å². The molecule has 1 atom stereocenters. The molecule has 1 saturated heterocycles. The number of aryl methyl sites for hydroxylation is 2. The number of aliphatic hydroxyl groups excluding tert-OH is 1. The van der Waals surface area contributed by atoms with Gasteiger partial charge >= 0.3 is 0 Å². The summed E-state index contributed by atoms with van der Waals surface area (Å²) in [7, 11) is 0. The monoisotopic (exact) mass is 457 g/mol. The number of nitrogens with zero attached hydrogens (tertiary/aromatic N) is 1. The Labute approximate surface area is 198 Å². The molecule has 1 aliphatic rings. The fourth-order valence-corrected chi connectivity index (χ4v) is 4.26. The minimum atomic E-state index is -0.897. The van der Waals surface area contributed by atoms with Gasteiger partial charge in [0.2, 0.25) is 0 Å². The number of benzene rings is 3. The Kier molecular flexibility index (Phi) is 6.41. The van der Waals surface area contributed by atoms with Gasteiger partial charge in [-0.25, -0.2) is 0 Å². The fraction of sp³-hybridized carbons (Fsp3) is 0.214. The number of Topliss-reactive ketones (excluding diaryl/α,β-unsaturated/α-hetero) is 1. The molecule has 3 aromatic carbocycles. The fourth-order valence-electron chi connectivity index (χ4n) is 4.26. The first-order chi connectivity index (χ1) is 16.3. The third-order valence-electron chi connectivity index (χ3n) is 5.98. The quantitative estimate of drug-likeness (QED) is 0.293. The van der Waals surface area contributed by atoms with E-state index >= 15 is 0 Å². The number of para-hydroxylation sites is 2. The summed E-state index contributed by atoms with van der Waals surface area (Å²) in [6, 6.07) is 18.0. The number of hydrogen-bond acceptors (Lipinski definition) is 5. The molecule has 6 heteroatoms. The second-order valence-corrected chi connectivity index (χ2v) is 8.34. The normalized spacial score (nSPS) is 17.3. The van der Waals surface area contributed by atoms with Crippen LogP contribution < -0.4 is 9.64 Å². The lowest BCUT2D eigenvalue weighted by atomic mass is 9.92. The smallest absolute Gasteiger partial charge is 0.300 e. The third kappa shape index (κ3) is 4.03. The van der Waals surface area contributed by atoms with Crippen LogP contribution in [0.4, 0.5) is 5.69 Å². The zero-order valence-corrected chi connectivity index (χ0v) is 19.4. The van der Waals surface area contributed by atoms with Crippen LogP contribution in [-0.2, 0) is 9.59 Å². The lowest BCUT2D eigenvalue weighted by Crippen LogP contribution is -2.29. The molecule has 1 amide bonds. The highest BCUT2D eigenvalue weighted by molar-refractivity contribution is 6.52. The van der Waals surface area contributed by atoms with Gasteiger partial charge in [0, 0.05) is 5.56 Å². The highest BCUT2D eigenvalue weighted by Gasteiger charge is 2.48. The summed E-state index contributed by atoms with van der Waals surface area (Å²) in [5.74, 6) is -1.32. The van der Waals surface area contributed by atoms with Crippen molar-refractivity contribution < 1.29 is 24.5 Å². The van der Waals surface area contributed by atoms with E-state index in [0.717, 1.165) is 17.5 Å². The number of ether oxygens (including phenoxy) is 1. The van der Waals surface area contributed by atoms with Crippen LogP contribution in [0.25, 0.3) is 5.76 Å². The molecular formula is C28H27NO5. The van der Waals surface area contributed by atoms with Gasteiger partial charge in [-0.3, -0.25) is 14.5 Å². The summed E-state index contributed by atoms with van der Waals surface area (Å²) in [6.07, 6.45) is 0.868. The summed E-state index contributed by atoms with van der Waals surface area (Å²) in [5, 5.41) is 21.8. The number of hydrogen-bond donors (Lipinski definition) is 2. The van der Waals surface area contributed by atoms with Crippen molar-refractivity contribution >= 4 is 23.1 Å². The van der Waals surface area contributed by atoms with Gasteiger partial charge in [-0.2, -0.15) is 0 Å². The van der Waals surface area contributed by atoms with E-state index in [1.54, 1.807) is 36.4 Å².